The summed E-state index contributed by atoms with van der Waals surface area (Å²) < 4.78 is 6.28. The maximum Gasteiger partial charge on any atom is 0.230 e. The molecule has 0 aliphatic carbocycles. The number of piperazine rings is 1. The van der Waals surface area contributed by atoms with Crippen LogP contribution >= 0.6 is 11.6 Å². The van der Waals surface area contributed by atoms with Gasteiger partial charge in [0.1, 0.15) is 5.75 Å². The van der Waals surface area contributed by atoms with E-state index in [0.29, 0.717) is 31.1 Å². The molecule has 2 aromatic rings. The molecule has 0 radical (unpaired) electrons. The Hall–Kier alpha value is -2.57. The zero-order chi connectivity index (χ0) is 26.4. The molecule has 6 nitrogen and oxygen atoms in total. The van der Waals surface area contributed by atoms with Crippen LogP contribution in [0, 0.1) is 12.3 Å². The average Bonchev–Trinajstić information content (AvgIpc) is 2.91. The molecule has 2 aliphatic heterocycles. The molecule has 200 valence electrons. The van der Waals surface area contributed by atoms with Crippen molar-refractivity contribution in [1.29, 1.82) is 0 Å². The predicted octanol–water partition coefficient (Wildman–Crippen LogP) is 4.99. The van der Waals surface area contributed by atoms with Crippen LogP contribution < -0.4 is 4.74 Å². The van der Waals surface area contributed by atoms with Crippen molar-refractivity contribution >= 4 is 23.4 Å². The van der Waals surface area contributed by atoms with Gasteiger partial charge in [-0.3, -0.25) is 9.59 Å². The summed E-state index contributed by atoms with van der Waals surface area (Å²) in [7, 11) is 2.09. The molecule has 2 aliphatic rings. The lowest BCUT2D eigenvalue weighted by atomic mass is 9.75. The summed E-state index contributed by atoms with van der Waals surface area (Å²) in [5.41, 5.74) is 1.73. The fourth-order valence-electron chi connectivity index (χ4n) is 5.46. The lowest BCUT2D eigenvalue weighted by Crippen LogP contribution is -2.51. The molecule has 7 heteroatoms. The summed E-state index contributed by atoms with van der Waals surface area (Å²) in [6.07, 6.45) is 2.71. The summed E-state index contributed by atoms with van der Waals surface area (Å²) in [5.74, 6) is 1.01. The molecule has 0 unspecified atom stereocenters. The maximum absolute atomic E-state index is 13.5. The van der Waals surface area contributed by atoms with Crippen LogP contribution in [0.4, 0.5) is 0 Å². The minimum absolute atomic E-state index is 0.131. The number of hydrogen-bond acceptors (Lipinski definition) is 4. The van der Waals surface area contributed by atoms with E-state index in [2.05, 4.69) is 18.9 Å². The van der Waals surface area contributed by atoms with Crippen molar-refractivity contribution < 1.29 is 14.3 Å². The van der Waals surface area contributed by atoms with Crippen LogP contribution in [-0.2, 0) is 9.59 Å². The highest BCUT2D eigenvalue weighted by molar-refractivity contribution is 6.31. The van der Waals surface area contributed by atoms with Gasteiger partial charge in [0.25, 0.3) is 0 Å². The van der Waals surface area contributed by atoms with Gasteiger partial charge in [-0.05, 0) is 62.6 Å². The molecular formula is C30H40ClN3O3. The molecule has 1 atom stereocenters. The molecule has 0 bridgehead atoms. The Morgan fingerprint density at radius 3 is 2.27 bits per heavy atom. The Labute approximate surface area is 226 Å². The van der Waals surface area contributed by atoms with E-state index in [1.165, 1.54) is 0 Å². The van der Waals surface area contributed by atoms with Crippen LogP contribution in [-0.4, -0.2) is 79.4 Å². The monoisotopic (exact) mass is 525 g/mol. The van der Waals surface area contributed by atoms with Gasteiger partial charge in [0.05, 0.1) is 12.5 Å². The molecular weight excluding hydrogens is 486 g/mol. The highest BCUT2D eigenvalue weighted by Gasteiger charge is 2.41. The molecule has 2 fully saturated rings. The van der Waals surface area contributed by atoms with Crippen molar-refractivity contribution in [1.82, 2.24) is 14.7 Å². The number of piperidine rings is 1. The summed E-state index contributed by atoms with van der Waals surface area (Å²) >= 11 is 6.20. The van der Waals surface area contributed by atoms with E-state index in [9.17, 15) is 9.59 Å². The largest absolute Gasteiger partial charge is 0.493 e. The first-order chi connectivity index (χ1) is 17.8. The number of likely N-dealkylation sites (tertiary alicyclic amines) is 1. The van der Waals surface area contributed by atoms with Crippen molar-refractivity contribution in [3.63, 3.8) is 0 Å². The number of amides is 2. The molecule has 0 saturated carbocycles. The summed E-state index contributed by atoms with van der Waals surface area (Å²) in [4.78, 5) is 33.1. The fourth-order valence-corrected chi connectivity index (χ4v) is 5.58. The van der Waals surface area contributed by atoms with Gasteiger partial charge in [0.15, 0.2) is 0 Å². The number of nitrogens with zero attached hydrogens (tertiary/aromatic N) is 3. The molecule has 2 aromatic carbocycles. The van der Waals surface area contributed by atoms with E-state index in [1.54, 1.807) is 0 Å². The quantitative estimate of drug-likeness (QED) is 0.487. The van der Waals surface area contributed by atoms with Crippen LogP contribution in [0.15, 0.2) is 48.5 Å². The van der Waals surface area contributed by atoms with Gasteiger partial charge in [0, 0.05) is 56.1 Å². The van der Waals surface area contributed by atoms with Crippen molar-refractivity contribution in [2.45, 2.75) is 45.4 Å². The van der Waals surface area contributed by atoms with E-state index in [-0.39, 0.29) is 23.1 Å². The minimum atomic E-state index is -0.306. The zero-order valence-electron chi connectivity index (χ0n) is 22.4. The van der Waals surface area contributed by atoms with Crippen LogP contribution in [0.5, 0.6) is 5.75 Å². The lowest BCUT2D eigenvalue weighted by Gasteiger charge is -2.43. The van der Waals surface area contributed by atoms with Crippen LogP contribution in [0.1, 0.15) is 49.7 Å². The Morgan fingerprint density at radius 1 is 0.973 bits per heavy atom. The second-order valence-electron chi connectivity index (χ2n) is 10.8. The Kier molecular flexibility index (Phi) is 9.14. The molecule has 4 rings (SSSR count). The van der Waals surface area contributed by atoms with Gasteiger partial charge in [-0.15, -0.1) is 0 Å². The molecule has 2 saturated heterocycles. The first-order valence-electron chi connectivity index (χ1n) is 13.5. The molecule has 0 N–H and O–H groups in total. The Bertz CT molecular complexity index is 1060. The number of aryl methyl sites for hydroxylation is 1. The molecule has 0 aromatic heterocycles. The molecule has 37 heavy (non-hydrogen) atoms. The van der Waals surface area contributed by atoms with E-state index >= 15 is 0 Å². The van der Waals surface area contributed by atoms with E-state index in [4.69, 9.17) is 16.3 Å². The number of likely N-dealkylation sites (N-methyl/N-ethyl adjacent to an activating group) is 1. The van der Waals surface area contributed by atoms with Crippen LogP contribution in [0.2, 0.25) is 5.02 Å². The van der Waals surface area contributed by atoms with E-state index in [1.807, 2.05) is 65.3 Å². The van der Waals surface area contributed by atoms with Crippen molar-refractivity contribution in [3.8, 4) is 5.75 Å². The standard InChI is InChI=1S/C30H40ClN3O3/c1-4-26(24-8-6-5-7-9-24)29(36)34-14-12-30(13-15-34,21-28(35)33-18-16-32(3)17-19-33)22-37-25-10-11-27(31)23(2)20-25/h5-11,20,26H,4,12-19,21-22H2,1-3H3/t26-/m0/s1. The van der Waals surface area contributed by atoms with E-state index < -0.39 is 0 Å². The van der Waals surface area contributed by atoms with Crippen molar-refractivity contribution in [3.05, 3.63) is 64.7 Å². The number of rotatable bonds is 8. The highest BCUT2D eigenvalue weighted by atomic mass is 35.5. The number of carbonyl (C=O) groups excluding carboxylic acids is 2. The van der Waals surface area contributed by atoms with Crippen molar-refractivity contribution in [2.24, 2.45) is 5.41 Å². The van der Waals surface area contributed by atoms with Crippen LogP contribution in [0.25, 0.3) is 0 Å². The first-order valence-corrected chi connectivity index (χ1v) is 13.9. The lowest BCUT2D eigenvalue weighted by molar-refractivity contribution is -0.139. The Balaban J connectivity index is 1.46. The number of ether oxygens (including phenoxy) is 1. The van der Waals surface area contributed by atoms with Gasteiger partial charge in [-0.2, -0.15) is 0 Å². The molecule has 0 spiro atoms. The number of halogens is 1. The first kappa shape index (κ1) is 27.5. The fraction of sp³-hybridized carbons (Fsp3) is 0.533. The third-order valence-electron chi connectivity index (χ3n) is 8.10. The number of benzene rings is 2. The number of carbonyl (C=O) groups is 2. The summed E-state index contributed by atoms with van der Waals surface area (Å²) in [6, 6.07) is 15.7. The molecule has 2 heterocycles. The zero-order valence-corrected chi connectivity index (χ0v) is 23.2. The van der Waals surface area contributed by atoms with E-state index in [0.717, 1.165) is 62.3 Å². The van der Waals surface area contributed by atoms with Crippen molar-refractivity contribution in [2.75, 3.05) is 52.9 Å². The van der Waals surface area contributed by atoms with Gasteiger partial charge in [-0.25, -0.2) is 0 Å². The normalized spacial score (nSPS) is 18.9. The summed E-state index contributed by atoms with van der Waals surface area (Å²) in [6.45, 7) is 9.10. The smallest absolute Gasteiger partial charge is 0.230 e. The highest BCUT2D eigenvalue weighted by Crippen LogP contribution is 2.38. The summed E-state index contributed by atoms with van der Waals surface area (Å²) in [5, 5.41) is 0.711. The Morgan fingerprint density at radius 2 is 1.65 bits per heavy atom. The average molecular weight is 526 g/mol. The SMILES string of the molecule is CC[C@H](C(=O)N1CCC(COc2ccc(Cl)c(C)c2)(CC(=O)N2CCN(C)CC2)CC1)c1ccccc1. The third-order valence-corrected chi connectivity index (χ3v) is 8.52. The van der Waals surface area contributed by atoms with Gasteiger partial charge >= 0.3 is 0 Å². The minimum Gasteiger partial charge on any atom is -0.493 e. The second kappa shape index (κ2) is 12.3. The van der Waals surface area contributed by atoms with Gasteiger partial charge in [0.2, 0.25) is 11.8 Å². The van der Waals surface area contributed by atoms with Gasteiger partial charge < -0.3 is 19.4 Å². The third kappa shape index (κ3) is 6.85. The second-order valence-corrected chi connectivity index (χ2v) is 11.2. The maximum atomic E-state index is 13.5. The topological polar surface area (TPSA) is 53.1 Å². The molecule has 2 amide bonds. The number of hydrogen-bond donors (Lipinski definition) is 0. The van der Waals surface area contributed by atoms with Crippen LogP contribution in [0.3, 0.4) is 0 Å². The van der Waals surface area contributed by atoms with Gasteiger partial charge in [-0.1, -0.05) is 48.9 Å². The predicted molar refractivity (Wildman–Crippen MR) is 148 cm³/mol.